The molecule has 4 nitrogen and oxygen atoms in total. The molecule has 1 aliphatic rings. The van der Waals surface area contributed by atoms with Crippen LogP contribution in [0.2, 0.25) is 0 Å². The lowest BCUT2D eigenvalue weighted by Crippen LogP contribution is -2.10. The Kier molecular flexibility index (Phi) is 3.15. The van der Waals surface area contributed by atoms with Crippen molar-refractivity contribution in [2.45, 2.75) is 13.0 Å². The Morgan fingerprint density at radius 1 is 1.18 bits per heavy atom. The lowest BCUT2D eigenvalue weighted by atomic mass is 9.96. The summed E-state index contributed by atoms with van der Waals surface area (Å²) in [5.41, 5.74) is 4.68. The van der Waals surface area contributed by atoms with E-state index >= 15 is 0 Å². The fraction of sp³-hybridized carbons (Fsp3) is 0.235. The molecule has 0 fully saturated rings. The van der Waals surface area contributed by atoms with Gasteiger partial charge < -0.3 is 14.0 Å². The molecule has 112 valence electrons. The largest absolute Gasteiger partial charge is 0.493 e. The lowest BCUT2D eigenvalue weighted by molar-refractivity contribution is 0.354. The molecular formula is C17H16N2O2S. The second-order valence-electron chi connectivity index (χ2n) is 5.23. The number of thiophene rings is 1. The van der Waals surface area contributed by atoms with Crippen LogP contribution in [0.25, 0.3) is 21.8 Å². The quantitative estimate of drug-likeness (QED) is 0.737. The van der Waals surface area contributed by atoms with Crippen molar-refractivity contribution in [3.05, 3.63) is 41.5 Å². The molecule has 0 saturated carbocycles. The van der Waals surface area contributed by atoms with Gasteiger partial charge in [-0.15, -0.1) is 11.3 Å². The molecule has 0 atom stereocenters. The second kappa shape index (κ2) is 5.18. The molecule has 3 heterocycles. The first-order valence-corrected chi connectivity index (χ1v) is 8.04. The van der Waals surface area contributed by atoms with Crippen molar-refractivity contribution in [3.8, 4) is 33.3 Å². The number of hydrogen-bond acceptors (Lipinski definition) is 4. The van der Waals surface area contributed by atoms with E-state index in [1.54, 1.807) is 25.6 Å². The van der Waals surface area contributed by atoms with Gasteiger partial charge in [0.15, 0.2) is 11.5 Å². The van der Waals surface area contributed by atoms with Crippen LogP contribution in [0.1, 0.15) is 5.56 Å². The van der Waals surface area contributed by atoms with Gasteiger partial charge in [0.05, 0.1) is 31.1 Å². The number of nitrogens with zero attached hydrogens (tertiary/aromatic N) is 2. The predicted octanol–water partition coefficient (Wildman–Crippen LogP) is 3.85. The SMILES string of the molecule is COc1cc2c(cc1OC)-c1c(-c3cccs3)ncn1CC2. The number of benzene rings is 1. The van der Waals surface area contributed by atoms with Crippen LogP contribution in [0.4, 0.5) is 0 Å². The summed E-state index contributed by atoms with van der Waals surface area (Å²) in [5, 5.41) is 2.08. The molecule has 0 saturated heterocycles. The van der Waals surface area contributed by atoms with Crippen molar-refractivity contribution < 1.29 is 9.47 Å². The van der Waals surface area contributed by atoms with Gasteiger partial charge in [-0.3, -0.25) is 0 Å². The summed E-state index contributed by atoms with van der Waals surface area (Å²) < 4.78 is 13.1. The van der Waals surface area contributed by atoms with Gasteiger partial charge in [0.25, 0.3) is 0 Å². The van der Waals surface area contributed by atoms with Crippen molar-refractivity contribution in [3.63, 3.8) is 0 Å². The van der Waals surface area contributed by atoms with E-state index in [0.717, 1.165) is 30.2 Å². The third kappa shape index (κ3) is 1.93. The van der Waals surface area contributed by atoms with E-state index in [-0.39, 0.29) is 0 Å². The average Bonchev–Trinajstić information content (AvgIpc) is 3.21. The molecule has 5 heteroatoms. The van der Waals surface area contributed by atoms with Crippen LogP contribution in [0.5, 0.6) is 11.5 Å². The lowest BCUT2D eigenvalue weighted by Gasteiger charge is -2.21. The number of imidazole rings is 1. The summed E-state index contributed by atoms with van der Waals surface area (Å²) in [5.74, 6) is 1.54. The van der Waals surface area contributed by atoms with Gasteiger partial charge in [-0.25, -0.2) is 4.98 Å². The molecule has 3 aromatic rings. The fourth-order valence-electron chi connectivity index (χ4n) is 3.02. The molecule has 4 rings (SSSR count). The van der Waals surface area contributed by atoms with E-state index in [2.05, 4.69) is 39.2 Å². The van der Waals surface area contributed by atoms with Crippen LogP contribution in [-0.2, 0) is 13.0 Å². The molecule has 0 aliphatic carbocycles. The Labute approximate surface area is 133 Å². The van der Waals surface area contributed by atoms with Crippen LogP contribution < -0.4 is 9.47 Å². The number of aryl methyl sites for hydroxylation is 2. The van der Waals surface area contributed by atoms with Crippen LogP contribution in [-0.4, -0.2) is 23.8 Å². The Balaban J connectivity index is 1.95. The van der Waals surface area contributed by atoms with Crippen molar-refractivity contribution in [2.24, 2.45) is 0 Å². The van der Waals surface area contributed by atoms with E-state index in [1.165, 1.54) is 21.7 Å². The highest BCUT2D eigenvalue weighted by Crippen LogP contribution is 2.42. The predicted molar refractivity (Wildman–Crippen MR) is 87.8 cm³/mol. The highest BCUT2D eigenvalue weighted by molar-refractivity contribution is 7.13. The molecule has 1 aliphatic heterocycles. The maximum Gasteiger partial charge on any atom is 0.161 e. The number of hydrogen-bond donors (Lipinski definition) is 0. The third-order valence-corrected chi connectivity index (χ3v) is 4.96. The van der Waals surface area contributed by atoms with Crippen molar-refractivity contribution in [1.29, 1.82) is 0 Å². The summed E-state index contributed by atoms with van der Waals surface area (Å²) in [6, 6.07) is 8.33. The van der Waals surface area contributed by atoms with Crippen molar-refractivity contribution >= 4 is 11.3 Å². The zero-order valence-electron chi connectivity index (χ0n) is 12.5. The number of rotatable bonds is 3. The summed E-state index contributed by atoms with van der Waals surface area (Å²) in [7, 11) is 3.35. The first-order chi connectivity index (χ1) is 10.8. The Bertz CT molecular complexity index is 822. The Morgan fingerprint density at radius 3 is 2.73 bits per heavy atom. The number of fused-ring (bicyclic) bond motifs is 3. The van der Waals surface area contributed by atoms with E-state index in [9.17, 15) is 0 Å². The van der Waals surface area contributed by atoms with Gasteiger partial charge in [0.2, 0.25) is 0 Å². The first kappa shape index (κ1) is 13.4. The highest BCUT2D eigenvalue weighted by Gasteiger charge is 2.24. The standard InChI is InChI=1S/C17H16N2O2S/c1-20-13-8-11-5-6-19-10-18-16(15-4-3-7-22-15)17(19)12(11)9-14(13)21-2/h3-4,7-10H,5-6H2,1-2H3. The summed E-state index contributed by atoms with van der Waals surface area (Å²) >= 11 is 1.71. The summed E-state index contributed by atoms with van der Waals surface area (Å²) in [6.45, 7) is 0.941. The summed E-state index contributed by atoms with van der Waals surface area (Å²) in [4.78, 5) is 5.83. The van der Waals surface area contributed by atoms with Crippen LogP contribution in [0.3, 0.4) is 0 Å². The van der Waals surface area contributed by atoms with Crippen LogP contribution in [0.15, 0.2) is 36.0 Å². The molecule has 0 unspecified atom stereocenters. The molecule has 2 aromatic heterocycles. The maximum atomic E-state index is 5.47. The van der Waals surface area contributed by atoms with E-state index in [0.29, 0.717) is 0 Å². The fourth-order valence-corrected chi connectivity index (χ4v) is 3.74. The minimum absolute atomic E-state index is 0.757. The Hall–Kier alpha value is -2.27. The Morgan fingerprint density at radius 2 is 2.00 bits per heavy atom. The van der Waals surface area contributed by atoms with Gasteiger partial charge in [-0.05, 0) is 35.6 Å². The molecule has 22 heavy (non-hydrogen) atoms. The normalized spacial score (nSPS) is 12.6. The van der Waals surface area contributed by atoms with Crippen molar-refractivity contribution in [1.82, 2.24) is 9.55 Å². The second-order valence-corrected chi connectivity index (χ2v) is 6.17. The third-order valence-electron chi connectivity index (χ3n) is 4.08. The number of methoxy groups -OCH3 is 2. The highest BCUT2D eigenvalue weighted by atomic mass is 32.1. The maximum absolute atomic E-state index is 5.47. The zero-order chi connectivity index (χ0) is 15.1. The molecule has 0 N–H and O–H groups in total. The van der Waals surface area contributed by atoms with Gasteiger partial charge in [0.1, 0.15) is 5.69 Å². The van der Waals surface area contributed by atoms with Gasteiger partial charge in [0, 0.05) is 12.1 Å². The van der Waals surface area contributed by atoms with Crippen LogP contribution in [0, 0.1) is 0 Å². The van der Waals surface area contributed by atoms with Crippen molar-refractivity contribution in [2.75, 3.05) is 14.2 Å². The smallest absolute Gasteiger partial charge is 0.161 e. The minimum Gasteiger partial charge on any atom is -0.493 e. The summed E-state index contributed by atoms with van der Waals surface area (Å²) in [6.07, 6.45) is 2.91. The molecule has 0 bridgehead atoms. The first-order valence-electron chi connectivity index (χ1n) is 7.16. The van der Waals surface area contributed by atoms with Gasteiger partial charge in [-0.1, -0.05) is 6.07 Å². The van der Waals surface area contributed by atoms with E-state index in [4.69, 9.17) is 9.47 Å². The molecule has 1 aromatic carbocycles. The van der Waals surface area contributed by atoms with E-state index < -0.39 is 0 Å². The molecule has 0 radical (unpaired) electrons. The minimum atomic E-state index is 0.757. The topological polar surface area (TPSA) is 36.3 Å². The number of aromatic nitrogens is 2. The molecule has 0 spiro atoms. The van der Waals surface area contributed by atoms with Gasteiger partial charge >= 0.3 is 0 Å². The molecule has 0 amide bonds. The molecular weight excluding hydrogens is 296 g/mol. The van der Waals surface area contributed by atoms with E-state index in [1.807, 2.05) is 6.33 Å². The zero-order valence-corrected chi connectivity index (χ0v) is 13.3. The van der Waals surface area contributed by atoms with Crippen LogP contribution >= 0.6 is 11.3 Å². The van der Waals surface area contributed by atoms with Gasteiger partial charge in [-0.2, -0.15) is 0 Å². The average molecular weight is 312 g/mol. The number of ether oxygens (including phenoxy) is 2. The monoisotopic (exact) mass is 312 g/mol.